The number of urea groups is 1. The molecule has 2 amide bonds. The summed E-state index contributed by atoms with van der Waals surface area (Å²) in [4.78, 5) is 16.9. The van der Waals surface area contributed by atoms with Gasteiger partial charge in [-0.3, -0.25) is 4.90 Å². The van der Waals surface area contributed by atoms with Gasteiger partial charge in [-0.2, -0.15) is 0 Å². The van der Waals surface area contributed by atoms with Crippen LogP contribution < -0.4 is 10.6 Å². The maximum absolute atomic E-state index is 11.7. The molecule has 1 unspecified atom stereocenters. The summed E-state index contributed by atoms with van der Waals surface area (Å²) in [6.45, 7) is 15.5. The van der Waals surface area contributed by atoms with Gasteiger partial charge in [0.15, 0.2) is 0 Å². The molecule has 0 aromatic carbocycles. The molecule has 23 heavy (non-hydrogen) atoms. The molecule has 2 heterocycles. The van der Waals surface area contributed by atoms with Crippen molar-refractivity contribution in [2.45, 2.75) is 65.0 Å². The van der Waals surface area contributed by atoms with Crippen molar-refractivity contribution >= 4 is 6.03 Å². The Labute approximate surface area is 142 Å². The van der Waals surface area contributed by atoms with Crippen molar-refractivity contribution in [2.75, 3.05) is 39.3 Å². The smallest absolute Gasteiger partial charge is 0.314 e. The molecule has 1 atom stereocenters. The zero-order valence-corrected chi connectivity index (χ0v) is 15.5. The molecule has 0 saturated carbocycles. The van der Waals surface area contributed by atoms with Crippen LogP contribution in [0.1, 0.15) is 53.4 Å². The Balaban J connectivity index is 1.71. The molecule has 2 aliphatic heterocycles. The summed E-state index contributed by atoms with van der Waals surface area (Å²) >= 11 is 0. The molecule has 134 valence electrons. The number of piperidine rings is 1. The Morgan fingerprint density at radius 3 is 2.52 bits per heavy atom. The maximum atomic E-state index is 11.7. The summed E-state index contributed by atoms with van der Waals surface area (Å²) in [5.74, 6) is 0.588. The molecule has 0 aliphatic carbocycles. The van der Waals surface area contributed by atoms with Crippen molar-refractivity contribution in [1.82, 2.24) is 20.4 Å². The summed E-state index contributed by atoms with van der Waals surface area (Å²) < 4.78 is 0. The van der Waals surface area contributed by atoms with Crippen molar-refractivity contribution in [1.29, 1.82) is 0 Å². The number of amides is 2. The lowest BCUT2D eigenvalue weighted by Gasteiger charge is -2.43. The van der Waals surface area contributed by atoms with Crippen molar-refractivity contribution in [3.63, 3.8) is 0 Å². The van der Waals surface area contributed by atoms with Gasteiger partial charge in [0.1, 0.15) is 0 Å². The van der Waals surface area contributed by atoms with Gasteiger partial charge >= 0.3 is 6.03 Å². The Morgan fingerprint density at radius 1 is 1.17 bits per heavy atom. The fourth-order valence-corrected chi connectivity index (χ4v) is 3.92. The first-order chi connectivity index (χ1) is 10.9. The number of carbonyl (C=O) groups excluding carboxylic acids is 1. The van der Waals surface area contributed by atoms with E-state index >= 15 is 0 Å². The maximum Gasteiger partial charge on any atom is 0.314 e. The van der Waals surface area contributed by atoms with Crippen LogP contribution in [-0.2, 0) is 0 Å². The number of likely N-dealkylation sites (tertiary alicyclic amines) is 2. The molecule has 2 aliphatic rings. The van der Waals surface area contributed by atoms with Crippen molar-refractivity contribution in [3.05, 3.63) is 0 Å². The van der Waals surface area contributed by atoms with E-state index in [2.05, 4.69) is 34.3 Å². The van der Waals surface area contributed by atoms with Gasteiger partial charge in [-0.05, 0) is 72.5 Å². The van der Waals surface area contributed by atoms with Gasteiger partial charge in [0, 0.05) is 31.2 Å². The van der Waals surface area contributed by atoms with Crippen LogP contribution >= 0.6 is 0 Å². The lowest BCUT2D eigenvalue weighted by atomic mass is 9.98. The van der Waals surface area contributed by atoms with E-state index in [-0.39, 0.29) is 17.6 Å². The molecule has 5 nitrogen and oxygen atoms in total. The van der Waals surface area contributed by atoms with Gasteiger partial charge in [0.2, 0.25) is 0 Å². The third kappa shape index (κ3) is 5.96. The second-order valence-electron chi connectivity index (χ2n) is 8.26. The van der Waals surface area contributed by atoms with Gasteiger partial charge in [-0.1, -0.05) is 6.42 Å². The predicted octanol–water partition coefficient (Wildman–Crippen LogP) is 2.28. The monoisotopic (exact) mass is 324 g/mol. The first-order valence-electron chi connectivity index (χ1n) is 9.38. The standard InChI is InChI=1S/C18H36N4O/c1-15(2)20-17(23)19-12-16-8-11-21(13-16)14-18(3,4)22-9-6-5-7-10-22/h15-16H,5-14H2,1-4H3,(H2,19,20,23). The van der Waals surface area contributed by atoms with Crippen LogP contribution in [0.2, 0.25) is 0 Å². The van der Waals surface area contributed by atoms with Crippen LogP contribution in [0.5, 0.6) is 0 Å². The van der Waals surface area contributed by atoms with Gasteiger partial charge in [-0.15, -0.1) is 0 Å². The highest BCUT2D eigenvalue weighted by Gasteiger charge is 2.32. The van der Waals surface area contributed by atoms with Gasteiger partial charge in [0.05, 0.1) is 0 Å². The SMILES string of the molecule is CC(C)NC(=O)NCC1CCN(CC(C)(C)N2CCCCC2)C1. The third-order valence-corrected chi connectivity index (χ3v) is 5.16. The second kappa shape index (κ2) is 8.34. The van der Waals surface area contributed by atoms with Crippen LogP contribution in [0, 0.1) is 5.92 Å². The van der Waals surface area contributed by atoms with Crippen LogP contribution in [0.15, 0.2) is 0 Å². The van der Waals surface area contributed by atoms with Crippen LogP contribution in [-0.4, -0.2) is 66.7 Å². The van der Waals surface area contributed by atoms with Crippen LogP contribution in [0.3, 0.4) is 0 Å². The van der Waals surface area contributed by atoms with E-state index in [0.29, 0.717) is 5.92 Å². The second-order valence-corrected chi connectivity index (χ2v) is 8.26. The molecular formula is C18H36N4O. The minimum atomic E-state index is -0.0351. The Morgan fingerprint density at radius 2 is 1.87 bits per heavy atom. The van der Waals surface area contributed by atoms with Crippen molar-refractivity contribution in [2.24, 2.45) is 5.92 Å². The van der Waals surface area contributed by atoms with E-state index in [4.69, 9.17) is 0 Å². The van der Waals surface area contributed by atoms with Gasteiger partial charge in [-0.25, -0.2) is 4.79 Å². The highest BCUT2D eigenvalue weighted by Crippen LogP contribution is 2.24. The molecule has 2 N–H and O–H groups in total. The Bertz CT molecular complexity index is 377. The first-order valence-corrected chi connectivity index (χ1v) is 9.38. The first kappa shape index (κ1) is 18.5. The topological polar surface area (TPSA) is 47.6 Å². The summed E-state index contributed by atoms with van der Waals surface area (Å²) in [7, 11) is 0. The molecular weight excluding hydrogens is 288 g/mol. The molecule has 0 radical (unpaired) electrons. The Kier molecular flexibility index (Phi) is 6.72. The number of nitrogens with zero attached hydrogens (tertiary/aromatic N) is 2. The van der Waals surface area contributed by atoms with Crippen LogP contribution in [0.25, 0.3) is 0 Å². The summed E-state index contributed by atoms with van der Waals surface area (Å²) in [5.41, 5.74) is 0.262. The molecule has 5 heteroatoms. The number of rotatable bonds is 6. The number of carbonyl (C=O) groups is 1. The minimum absolute atomic E-state index is 0.0351. The third-order valence-electron chi connectivity index (χ3n) is 5.16. The van der Waals surface area contributed by atoms with E-state index in [0.717, 1.165) is 26.2 Å². The zero-order valence-electron chi connectivity index (χ0n) is 15.5. The lowest BCUT2D eigenvalue weighted by molar-refractivity contribution is 0.0636. The van der Waals surface area contributed by atoms with E-state index < -0.39 is 0 Å². The quantitative estimate of drug-likeness (QED) is 0.788. The fraction of sp³-hybridized carbons (Fsp3) is 0.944. The molecule has 2 rings (SSSR count). The molecule has 0 bridgehead atoms. The van der Waals surface area contributed by atoms with Crippen molar-refractivity contribution in [3.8, 4) is 0 Å². The van der Waals surface area contributed by atoms with Crippen LogP contribution in [0.4, 0.5) is 4.79 Å². The highest BCUT2D eigenvalue weighted by molar-refractivity contribution is 5.74. The summed E-state index contributed by atoms with van der Waals surface area (Å²) in [6, 6.07) is 0.160. The minimum Gasteiger partial charge on any atom is -0.338 e. The lowest BCUT2D eigenvalue weighted by Crippen LogP contribution is -2.53. The average molecular weight is 325 g/mol. The van der Waals surface area contributed by atoms with E-state index in [1.165, 1.54) is 38.8 Å². The molecule has 2 fully saturated rings. The molecule has 0 aromatic rings. The average Bonchev–Trinajstić information content (AvgIpc) is 2.92. The fourth-order valence-electron chi connectivity index (χ4n) is 3.92. The summed E-state index contributed by atoms with van der Waals surface area (Å²) in [5, 5.41) is 5.90. The number of hydrogen-bond donors (Lipinski definition) is 2. The largest absolute Gasteiger partial charge is 0.338 e. The Hall–Kier alpha value is -0.810. The zero-order chi connectivity index (χ0) is 16.9. The van der Waals surface area contributed by atoms with Gasteiger partial charge < -0.3 is 15.5 Å². The molecule has 0 spiro atoms. The number of nitrogens with one attached hydrogen (secondary N) is 2. The molecule has 0 aromatic heterocycles. The highest BCUT2D eigenvalue weighted by atomic mass is 16.2. The van der Waals surface area contributed by atoms with E-state index in [1.807, 2.05) is 13.8 Å². The predicted molar refractivity (Wildman–Crippen MR) is 95.7 cm³/mol. The molecule has 2 saturated heterocycles. The van der Waals surface area contributed by atoms with Crippen molar-refractivity contribution < 1.29 is 4.79 Å². The van der Waals surface area contributed by atoms with E-state index in [9.17, 15) is 4.79 Å². The van der Waals surface area contributed by atoms with Gasteiger partial charge in [0.25, 0.3) is 0 Å². The number of hydrogen-bond acceptors (Lipinski definition) is 3. The normalized spacial score (nSPS) is 24.1. The van der Waals surface area contributed by atoms with E-state index in [1.54, 1.807) is 0 Å². The summed E-state index contributed by atoms with van der Waals surface area (Å²) in [6.07, 6.45) is 5.28.